The Morgan fingerprint density at radius 2 is 1.32 bits per heavy atom. The first-order valence-electron chi connectivity index (χ1n) is 9.12. The van der Waals surface area contributed by atoms with Crippen LogP contribution in [0.3, 0.4) is 0 Å². The number of thiol groups is 1. The van der Waals surface area contributed by atoms with Gasteiger partial charge in [0.05, 0.1) is 19.3 Å². The highest BCUT2D eigenvalue weighted by molar-refractivity contribution is 7.80. The van der Waals surface area contributed by atoms with Crippen LogP contribution in [0.2, 0.25) is 0 Å². The van der Waals surface area contributed by atoms with Crippen molar-refractivity contribution in [1.82, 2.24) is 16.0 Å². The van der Waals surface area contributed by atoms with Crippen LogP contribution in [0.5, 0.6) is 5.75 Å². The number of aliphatic hydroxyl groups is 2. The molecule has 1 rings (SSSR count). The number of aliphatic carboxylic acids is 1. The van der Waals surface area contributed by atoms with E-state index in [0.717, 1.165) is 0 Å². The van der Waals surface area contributed by atoms with E-state index in [2.05, 4.69) is 28.6 Å². The number of rotatable bonds is 12. The zero-order valence-corrected chi connectivity index (χ0v) is 17.3. The van der Waals surface area contributed by atoms with Gasteiger partial charge in [-0.25, -0.2) is 4.79 Å². The number of phenols is 1. The van der Waals surface area contributed by atoms with Gasteiger partial charge >= 0.3 is 5.97 Å². The highest BCUT2D eigenvalue weighted by atomic mass is 32.1. The molecule has 9 N–H and O–H groups in total. The van der Waals surface area contributed by atoms with Crippen LogP contribution in [0.4, 0.5) is 0 Å². The molecule has 0 heterocycles. The first kappa shape index (κ1) is 26.2. The zero-order valence-electron chi connectivity index (χ0n) is 16.4. The van der Waals surface area contributed by atoms with Gasteiger partial charge in [0.2, 0.25) is 17.7 Å². The number of hydrogen-bond acceptors (Lipinski definition) is 9. The summed E-state index contributed by atoms with van der Waals surface area (Å²) >= 11 is 3.79. The lowest BCUT2D eigenvalue weighted by Gasteiger charge is -2.23. The number of hydrogen-bond donors (Lipinski definition) is 9. The van der Waals surface area contributed by atoms with Gasteiger partial charge in [0.15, 0.2) is 0 Å². The molecule has 0 saturated carbocycles. The van der Waals surface area contributed by atoms with Crippen molar-refractivity contribution in [3.05, 3.63) is 29.8 Å². The lowest BCUT2D eigenvalue weighted by Crippen LogP contribution is -2.59. The minimum Gasteiger partial charge on any atom is -0.508 e. The third-order valence-electron chi connectivity index (χ3n) is 4.16. The molecule has 0 aliphatic heterocycles. The van der Waals surface area contributed by atoms with Crippen LogP contribution >= 0.6 is 12.6 Å². The third-order valence-corrected chi connectivity index (χ3v) is 4.52. The molecule has 4 atom stereocenters. The van der Waals surface area contributed by atoms with Crippen molar-refractivity contribution in [2.45, 2.75) is 30.6 Å². The molecule has 3 amide bonds. The summed E-state index contributed by atoms with van der Waals surface area (Å²) in [5.74, 6) is -4.25. The van der Waals surface area contributed by atoms with E-state index in [1.54, 1.807) is 12.1 Å². The SMILES string of the molecule is NC(Cc1ccc(O)cc1)C(=O)NC(CO)C(=O)NC(CO)C(=O)NC(CS)C(=O)O. The van der Waals surface area contributed by atoms with Crippen molar-refractivity contribution in [3.63, 3.8) is 0 Å². The van der Waals surface area contributed by atoms with Gasteiger partial charge < -0.3 is 42.1 Å². The summed E-state index contributed by atoms with van der Waals surface area (Å²) in [5, 5.41) is 43.4. The number of nitrogens with two attached hydrogens (primary N) is 1. The number of aromatic hydroxyl groups is 1. The van der Waals surface area contributed by atoms with E-state index in [-0.39, 0.29) is 17.9 Å². The second-order valence-electron chi connectivity index (χ2n) is 6.55. The van der Waals surface area contributed by atoms with Crippen molar-refractivity contribution in [2.24, 2.45) is 5.73 Å². The molecule has 0 saturated heterocycles. The number of amides is 3. The maximum absolute atomic E-state index is 12.3. The molecule has 0 spiro atoms. The fraction of sp³-hybridized carbons (Fsp3) is 0.444. The van der Waals surface area contributed by atoms with E-state index in [0.29, 0.717) is 5.56 Å². The predicted molar refractivity (Wildman–Crippen MR) is 111 cm³/mol. The number of benzene rings is 1. The number of aliphatic hydroxyl groups excluding tert-OH is 2. The van der Waals surface area contributed by atoms with E-state index in [4.69, 9.17) is 10.8 Å². The second-order valence-corrected chi connectivity index (χ2v) is 6.91. The van der Waals surface area contributed by atoms with E-state index < -0.39 is 61.1 Å². The lowest BCUT2D eigenvalue weighted by molar-refractivity contribution is -0.142. The monoisotopic (exact) mass is 458 g/mol. The number of carboxylic acids is 1. The average Bonchev–Trinajstić information content (AvgIpc) is 2.74. The summed E-state index contributed by atoms with van der Waals surface area (Å²) in [5.41, 5.74) is 6.46. The molecule has 0 bridgehead atoms. The molecule has 1 aromatic carbocycles. The largest absolute Gasteiger partial charge is 0.508 e. The number of phenolic OH excluding ortho intramolecular Hbond substituents is 1. The van der Waals surface area contributed by atoms with Gasteiger partial charge in [-0.05, 0) is 24.1 Å². The van der Waals surface area contributed by atoms with Crippen LogP contribution in [0.25, 0.3) is 0 Å². The highest BCUT2D eigenvalue weighted by Crippen LogP contribution is 2.11. The Bertz CT molecular complexity index is 776. The Labute approximate surface area is 183 Å². The Balaban J connectivity index is 2.69. The predicted octanol–water partition coefficient (Wildman–Crippen LogP) is -3.28. The topological polar surface area (TPSA) is 211 Å². The molecule has 13 heteroatoms. The maximum atomic E-state index is 12.3. The van der Waals surface area contributed by atoms with Crippen LogP contribution in [0, 0.1) is 0 Å². The standard InChI is InChI=1S/C18H26N4O8S/c19-11(5-9-1-3-10(25)4-2-9)15(26)20-12(6-23)16(27)21-13(7-24)17(28)22-14(8-31)18(29)30/h1-4,11-14,23-25,31H,5-8,19H2,(H,20,26)(H,21,27)(H,22,28)(H,29,30). The first-order chi connectivity index (χ1) is 14.6. The van der Waals surface area contributed by atoms with E-state index in [1.807, 2.05) is 0 Å². The van der Waals surface area contributed by atoms with Gasteiger partial charge in [-0.1, -0.05) is 12.1 Å². The van der Waals surface area contributed by atoms with E-state index in [9.17, 15) is 34.5 Å². The van der Waals surface area contributed by atoms with Gasteiger partial charge in [0, 0.05) is 5.75 Å². The van der Waals surface area contributed by atoms with Gasteiger partial charge in [-0.2, -0.15) is 12.6 Å². The fourth-order valence-corrected chi connectivity index (χ4v) is 2.62. The van der Waals surface area contributed by atoms with Gasteiger partial charge in [0.25, 0.3) is 0 Å². The van der Waals surface area contributed by atoms with Crippen molar-refractivity contribution in [3.8, 4) is 5.75 Å². The zero-order chi connectivity index (χ0) is 23.6. The van der Waals surface area contributed by atoms with E-state index in [1.165, 1.54) is 12.1 Å². The molecule has 12 nitrogen and oxygen atoms in total. The Kier molecular flexibility index (Phi) is 10.8. The molecule has 4 unspecified atom stereocenters. The summed E-state index contributed by atoms with van der Waals surface area (Å²) in [7, 11) is 0. The van der Waals surface area contributed by atoms with E-state index >= 15 is 0 Å². The first-order valence-corrected chi connectivity index (χ1v) is 9.76. The highest BCUT2D eigenvalue weighted by Gasteiger charge is 2.29. The van der Waals surface area contributed by atoms with Crippen molar-refractivity contribution in [1.29, 1.82) is 0 Å². The Morgan fingerprint density at radius 1 is 0.871 bits per heavy atom. The van der Waals surface area contributed by atoms with Gasteiger partial charge in [0.1, 0.15) is 23.9 Å². The molecular weight excluding hydrogens is 432 g/mol. The van der Waals surface area contributed by atoms with Crippen LogP contribution in [0.1, 0.15) is 5.56 Å². The number of nitrogens with one attached hydrogen (secondary N) is 3. The van der Waals surface area contributed by atoms with Crippen LogP contribution < -0.4 is 21.7 Å². The molecule has 31 heavy (non-hydrogen) atoms. The minimum atomic E-state index is -1.52. The molecule has 172 valence electrons. The lowest BCUT2D eigenvalue weighted by atomic mass is 10.1. The maximum Gasteiger partial charge on any atom is 0.327 e. The number of carboxylic acid groups (broad SMARTS) is 1. The van der Waals surface area contributed by atoms with Crippen molar-refractivity contribution < 1.29 is 39.6 Å². The van der Waals surface area contributed by atoms with Crippen LogP contribution in [-0.2, 0) is 25.6 Å². The van der Waals surface area contributed by atoms with Crippen molar-refractivity contribution in [2.75, 3.05) is 19.0 Å². The van der Waals surface area contributed by atoms with Crippen LogP contribution in [0.15, 0.2) is 24.3 Å². The summed E-state index contributed by atoms with van der Waals surface area (Å²) < 4.78 is 0. The summed E-state index contributed by atoms with van der Waals surface area (Å²) in [6, 6.07) is 0.574. The fourth-order valence-electron chi connectivity index (χ4n) is 2.38. The third kappa shape index (κ3) is 8.41. The molecule has 0 fully saturated rings. The second kappa shape index (κ2) is 12.7. The molecule has 0 aliphatic rings. The van der Waals surface area contributed by atoms with Crippen molar-refractivity contribution >= 4 is 36.3 Å². The molecule has 1 aromatic rings. The summed E-state index contributed by atoms with van der Waals surface area (Å²) in [6.45, 7) is -1.68. The Hall–Kier alpha value is -2.87. The average molecular weight is 458 g/mol. The normalized spacial score (nSPS) is 14.6. The molecule has 0 radical (unpaired) electrons. The van der Waals surface area contributed by atoms with Crippen LogP contribution in [-0.4, -0.2) is 87.3 Å². The number of carbonyl (C=O) groups excluding carboxylic acids is 3. The molecular formula is C18H26N4O8S. The Morgan fingerprint density at radius 3 is 1.74 bits per heavy atom. The summed E-state index contributed by atoms with van der Waals surface area (Å²) in [4.78, 5) is 47.6. The van der Waals surface area contributed by atoms with Gasteiger partial charge in [-0.15, -0.1) is 0 Å². The number of carbonyl (C=O) groups is 4. The molecule has 0 aliphatic carbocycles. The quantitative estimate of drug-likeness (QED) is 0.143. The molecule has 0 aromatic heterocycles. The smallest absolute Gasteiger partial charge is 0.327 e. The van der Waals surface area contributed by atoms with Gasteiger partial charge in [-0.3, -0.25) is 14.4 Å². The minimum absolute atomic E-state index is 0.0466. The summed E-state index contributed by atoms with van der Waals surface area (Å²) in [6.07, 6.45) is 0.0911.